The van der Waals surface area contributed by atoms with E-state index < -0.39 is 0 Å². The molecule has 138 valence electrons. The predicted molar refractivity (Wildman–Crippen MR) is 104 cm³/mol. The fourth-order valence-corrected chi connectivity index (χ4v) is 3.96. The molecule has 3 aromatic rings. The molecule has 4 nitrogen and oxygen atoms in total. The van der Waals surface area contributed by atoms with Crippen LogP contribution in [-0.2, 0) is 4.74 Å². The van der Waals surface area contributed by atoms with Crippen LogP contribution in [0.1, 0.15) is 23.2 Å². The second kappa shape index (κ2) is 8.06. The van der Waals surface area contributed by atoms with Crippen molar-refractivity contribution in [2.24, 2.45) is 0 Å². The number of benzene rings is 2. The number of ether oxygens (including phenoxy) is 1. The fraction of sp³-hybridized carbons (Fsp3) is 0.238. The molecule has 4 rings (SSSR count). The van der Waals surface area contributed by atoms with Gasteiger partial charge in [-0.1, -0.05) is 30.0 Å². The van der Waals surface area contributed by atoms with Crippen LogP contribution in [0, 0.1) is 5.82 Å². The summed E-state index contributed by atoms with van der Waals surface area (Å²) in [4.78, 5) is 18.3. The van der Waals surface area contributed by atoms with Gasteiger partial charge in [-0.3, -0.25) is 4.79 Å². The van der Waals surface area contributed by atoms with Gasteiger partial charge in [0.25, 0.3) is 5.91 Å². The Kier molecular flexibility index (Phi) is 5.36. The van der Waals surface area contributed by atoms with Crippen molar-refractivity contribution in [2.75, 3.05) is 13.2 Å². The van der Waals surface area contributed by atoms with E-state index in [1.807, 2.05) is 24.3 Å². The molecule has 1 unspecified atom stereocenters. The molecule has 0 spiro atoms. The molecule has 0 saturated carbocycles. The van der Waals surface area contributed by atoms with Gasteiger partial charge < -0.3 is 10.1 Å². The van der Waals surface area contributed by atoms with E-state index in [1.54, 1.807) is 18.2 Å². The summed E-state index contributed by atoms with van der Waals surface area (Å²) in [5.74, 6) is -0.412. The monoisotopic (exact) mass is 382 g/mol. The largest absolute Gasteiger partial charge is 0.376 e. The summed E-state index contributed by atoms with van der Waals surface area (Å²) in [6, 6.07) is 15.6. The SMILES string of the molecule is O=C(NCC1CCCO1)c1cc(Sc2ccc(F)cc2)nc2ccccc12. The first kappa shape index (κ1) is 17.9. The van der Waals surface area contributed by atoms with Gasteiger partial charge >= 0.3 is 0 Å². The van der Waals surface area contributed by atoms with E-state index in [4.69, 9.17) is 4.74 Å². The number of hydrogen-bond donors (Lipinski definition) is 1. The van der Waals surface area contributed by atoms with Crippen LogP contribution < -0.4 is 5.32 Å². The minimum Gasteiger partial charge on any atom is -0.376 e. The summed E-state index contributed by atoms with van der Waals surface area (Å²) in [6.45, 7) is 1.27. The van der Waals surface area contributed by atoms with Crippen LogP contribution >= 0.6 is 11.8 Å². The number of halogens is 1. The highest BCUT2D eigenvalue weighted by Gasteiger charge is 2.18. The van der Waals surface area contributed by atoms with Crippen LogP contribution in [0.2, 0.25) is 0 Å². The van der Waals surface area contributed by atoms with E-state index in [9.17, 15) is 9.18 Å². The number of carbonyl (C=O) groups excluding carboxylic acids is 1. The lowest BCUT2D eigenvalue weighted by Gasteiger charge is -2.13. The van der Waals surface area contributed by atoms with Gasteiger partial charge in [0.05, 0.1) is 17.2 Å². The summed E-state index contributed by atoms with van der Waals surface area (Å²) in [5.41, 5.74) is 1.34. The Bertz CT molecular complexity index is 956. The van der Waals surface area contributed by atoms with Crippen LogP contribution in [0.5, 0.6) is 0 Å². The Hall–Kier alpha value is -2.44. The molecule has 0 bridgehead atoms. The molecule has 1 aromatic heterocycles. The molecule has 2 heterocycles. The number of pyridine rings is 1. The first-order valence-electron chi connectivity index (χ1n) is 8.92. The van der Waals surface area contributed by atoms with Crippen LogP contribution in [0.15, 0.2) is 64.5 Å². The molecule has 6 heteroatoms. The van der Waals surface area contributed by atoms with E-state index in [0.29, 0.717) is 17.1 Å². The van der Waals surface area contributed by atoms with E-state index in [2.05, 4.69) is 10.3 Å². The number of aromatic nitrogens is 1. The number of amides is 1. The van der Waals surface area contributed by atoms with Crippen molar-refractivity contribution in [3.63, 3.8) is 0 Å². The van der Waals surface area contributed by atoms with Gasteiger partial charge in [0.1, 0.15) is 10.8 Å². The van der Waals surface area contributed by atoms with Gasteiger partial charge in [-0.2, -0.15) is 0 Å². The van der Waals surface area contributed by atoms with Crippen molar-refractivity contribution in [1.82, 2.24) is 10.3 Å². The molecule has 1 saturated heterocycles. The Morgan fingerprint density at radius 3 is 2.81 bits per heavy atom. The van der Waals surface area contributed by atoms with E-state index in [0.717, 1.165) is 35.2 Å². The molecule has 1 fully saturated rings. The molecule has 1 atom stereocenters. The normalized spacial score (nSPS) is 16.6. The third kappa shape index (κ3) is 4.28. The maximum atomic E-state index is 13.1. The smallest absolute Gasteiger partial charge is 0.252 e. The van der Waals surface area contributed by atoms with Crippen LogP contribution in [0.3, 0.4) is 0 Å². The van der Waals surface area contributed by atoms with Crippen molar-refractivity contribution >= 4 is 28.6 Å². The topological polar surface area (TPSA) is 51.2 Å². The average Bonchev–Trinajstić information content (AvgIpc) is 3.21. The van der Waals surface area contributed by atoms with E-state index in [1.165, 1.54) is 23.9 Å². The second-order valence-corrected chi connectivity index (χ2v) is 7.52. The quantitative estimate of drug-likeness (QED) is 0.709. The number of nitrogens with one attached hydrogen (secondary N) is 1. The highest BCUT2D eigenvalue weighted by molar-refractivity contribution is 7.99. The molecule has 2 aromatic carbocycles. The van der Waals surface area contributed by atoms with Gasteiger partial charge in [0.2, 0.25) is 0 Å². The lowest BCUT2D eigenvalue weighted by Crippen LogP contribution is -2.31. The zero-order valence-electron chi connectivity index (χ0n) is 14.7. The van der Waals surface area contributed by atoms with E-state index >= 15 is 0 Å². The van der Waals surface area contributed by atoms with Crippen molar-refractivity contribution in [1.29, 1.82) is 0 Å². The van der Waals surface area contributed by atoms with Gasteiger partial charge in [-0.25, -0.2) is 9.37 Å². The average molecular weight is 382 g/mol. The number of fused-ring (bicyclic) bond motifs is 1. The molecule has 1 amide bonds. The van der Waals surface area contributed by atoms with Gasteiger partial charge in [0.15, 0.2) is 0 Å². The molecule has 1 aliphatic heterocycles. The van der Waals surface area contributed by atoms with Gasteiger partial charge in [-0.05, 0) is 49.2 Å². The Morgan fingerprint density at radius 1 is 1.22 bits per heavy atom. The third-order valence-corrected chi connectivity index (χ3v) is 5.41. The molecule has 0 aliphatic carbocycles. The minimum absolute atomic E-state index is 0.0927. The van der Waals surface area contributed by atoms with Crippen molar-refractivity contribution < 1.29 is 13.9 Å². The first-order chi connectivity index (χ1) is 13.2. The maximum Gasteiger partial charge on any atom is 0.252 e. The maximum absolute atomic E-state index is 13.1. The number of rotatable bonds is 5. The van der Waals surface area contributed by atoms with Crippen molar-refractivity contribution in [3.8, 4) is 0 Å². The fourth-order valence-electron chi connectivity index (χ4n) is 3.12. The zero-order chi connectivity index (χ0) is 18.6. The molecular weight excluding hydrogens is 363 g/mol. The number of carbonyl (C=O) groups is 1. The highest BCUT2D eigenvalue weighted by atomic mass is 32.2. The zero-order valence-corrected chi connectivity index (χ0v) is 15.5. The summed E-state index contributed by atoms with van der Waals surface area (Å²) < 4.78 is 18.7. The predicted octanol–water partition coefficient (Wildman–Crippen LogP) is 4.43. The van der Waals surface area contributed by atoms with Crippen molar-refractivity contribution in [2.45, 2.75) is 28.9 Å². The van der Waals surface area contributed by atoms with Gasteiger partial charge in [-0.15, -0.1) is 0 Å². The number of para-hydroxylation sites is 1. The van der Waals surface area contributed by atoms with Crippen LogP contribution in [-0.4, -0.2) is 30.1 Å². The Balaban J connectivity index is 1.61. The number of hydrogen-bond acceptors (Lipinski definition) is 4. The summed E-state index contributed by atoms with van der Waals surface area (Å²) in [6.07, 6.45) is 2.11. The van der Waals surface area contributed by atoms with E-state index in [-0.39, 0.29) is 17.8 Å². The van der Waals surface area contributed by atoms with Gasteiger partial charge in [0, 0.05) is 23.4 Å². The summed E-state index contributed by atoms with van der Waals surface area (Å²) in [7, 11) is 0. The van der Waals surface area contributed by atoms with Crippen LogP contribution in [0.25, 0.3) is 10.9 Å². The Labute approximate surface area is 161 Å². The second-order valence-electron chi connectivity index (χ2n) is 6.43. The molecule has 27 heavy (non-hydrogen) atoms. The highest BCUT2D eigenvalue weighted by Crippen LogP contribution is 2.30. The first-order valence-corrected chi connectivity index (χ1v) is 9.74. The lowest BCUT2D eigenvalue weighted by molar-refractivity contribution is 0.0859. The molecular formula is C21H19FN2O2S. The number of nitrogens with zero attached hydrogens (tertiary/aromatic N) is 1. The van der Waals surface area contributed by atoms with Crippen LogP contribution in [0.4, 0.5) is 4.39 Å². The standard InChI is InChI=1S/C21H19FN2O2S/c22-14-7-9-16(10-8-14)27-20-12-18(17-5-1-2-6-19(17)24-20)21(25)23-13-15-4-3-11-26-15/h1-2,5-10,12,15H,3-4,11,13H2,(H,23,25). The summed E-state index contributed by atoms with van der Waals surface area (Å²) in [5, 5.41) is 4.49. The summed E-state index contributed by atoms with van der Waals surface area (Å²) >= 11 is 1.40. The lowest BCUT2D eigenvalue weighted by atomic mass is 10.1. The van der Waals surface area contributed by atoms with Crippen molar-refractivity contribution in [3.05, 3.63) is 66.0 Å². The molecule has 1 N–H and O–H groups in total. The third-order valence-electron chi connectivity index (χ3n) is 4.49. The molecule has 1 aliphatic rings. The minimum atomic E-state index is -0.278. The molecule has 0 radical (unpaired) electrons. The Morgan fingerprint density at radius 2 is 2.04 bits per heavy atom.